The zero-order chi connectivity index (χ0) is 24.4. The van der Waals surface area contributed by atoms with Gasteiger partial charge in [0, 0.05) is 45.0 Å². The molecule has 1 aromatic rings. The molecule has 5 N–H and O–H groups in total. The molecule has 2 saturated heterocycles. The van der Waals surface area contributed by atoms with Crippen LogP contribution in [0.3, 0.4) is 0 Å². The highest BCUT2D eigenvalue weighted by Gasteiger charge is 2.30. The Balaban J connectivity index is 0.000000569. The second kappa shape index (κ2) is 12.4. The molecule has 0 bridgehead atoms. The van der Waals surface area contributed by atoms with Gasteiger partial charge in [-0.2, -0.15) is 5.26 Å². The summed E-state index contributed by atoms with van der Waals surface area (Å²) in [6, 6.07) is 9.57. The molecular weight excluding hydrogens is 432 g/mol. The number of hydrogen-bond acceptors (Lipinski definition) is 7. The van der Waals surface area contributed by atoms with Gasteiger partial charge in [0.25, 0.3) is 0 Å². The normalized spacial score (nSPS) is 17.4. The highest BCUT2D eigenvalue weighted by molar-refractivity contribution is 6.27. The minimum absolute atomic E-state index is 0.0206. The van der Waals surface area contributed by atoms with Gasteiger partial charge in [0.2, 0.25) is 5.91 Å². The predicted molar refractivity (Wildman–Crippen MR) is 117 cm³/mol. The first-order valence-corrected chi connectivity index (χ1v) is 10.5. The number of amides is 3. The number of nitrogens with one attached hydrogen (secondary N) is 1. The van der Waals surface area contributed by atoms with Crippen LogP contribution in [0.1, 0.15) is 18.4 Å². The van der Waals surface area contributed by atoms with Gasteiger partial charge in [0.05, 0.1) is 12.6 Å². The van der Waals surface area contributed by atoms with Gasteiger partial charge in [0.15, 0.2) is 0 Å². The van der Waals surface area contributed by atoms with E-state index in [-0.39, 0.29) is 24.5 Å². The summed E-state index contributed by atoms with van der Waals surface area (Å²) < 4.78 is 0. The fourth-order valence-corrected chi connectivity index (χ4v) is 3.55. The Morgan fingerprint density at radius 1 is 1.12 bits per heavy atom. The zero-order valence-corrected chi connectivity index (χ0v) is 18.1. The average Bonchev–Trinajstić information content (AvgIpc) is 3.43. The lowest BCUT2D eigenvalue weighted by Crippen LogP contribution is -2.43. The molecule has 12 nitrogen and oxygen atoms in total. The number of carbonyl (C=O) groups excluding carboxylic acids is 2. The van der Waals surface area contributed by atoms with Crippen LogP contribution >= 0.6 is 0 Å². The third-order valence-electron chi connectivity index (χ3n) is 5.32. The van der Waals surface area contributed by atoms with Gasteiger partial charge in [-0.25, -0.2) is 14.4 Å². The number of nitrogens with zero attached hydrogens (tertiary/aromatic N) is 4. The van der Waals surface area contributed by atoms with Crippen molar-refractivity contribution in [3.8, 4) is 6.07 Å². The molecule has 0 aromatic heterocycles. The number of aliphatic carboxylic acids is 2. The molecule has 178 valence electrons. The van der Waals surface area contributed by atoms with E-state index in [1.807, 2.05) is 24.3 Å². The number of carbonyl (C=O) groups is 4. The number of urea groups is 1. The number of benzene rings is 1. The van der Waals surface area contributed by atoms with Crippen molar-refractivity contribution in [2.75, 3.05) is 44.2 Å². The maximum Gasteiger partial charge on any atom is 0.414 e. The maximum absolute atomic E-state index is 12.6. The Morgan fingerprint density at radius 2 is 1.79 bits per heavy atom. The summed E-state index contributed by atoms with van der Waals surface area (Å²) in [5.41, 5.74) is 7.52. The van der Waals surface area contributed by atoms with Gasteiger partial charge in [-0.1, -0.05) is 12.1 Å². The Bertz CT molecular complexity index is 888. The zero-order valence-electron chi connectivity index (χ0n) is 18.1. The number of carboxylic acid groups (broad SMARTS) is 2. The molecule has 3 amide bonds. The van der Waals surface area contributed by atoms with E-state index in [0.29, 0.717) is 39.3 Å². The fourth-order valence-electron chi connectivity index (χ4n) is 3.55. The van der Waals surface area contributed by atoms with E-state index in [1.165, 1.54) is 0 Å². The van der Waals surface area contributed by atoms with E-state index in [4.69, 9.17) is 30.8 Å². The van der Waals surface area contributed by atoms with Crippen molar-refractivity contribution < 1.29 is 29.4 Å². The topological polar surface area (TPSA) is 180 Å². The van der Waals surface area contributed by atoms with E-state index in [0.717, 1.165) is 24.1 Å². The summed E-state index contributed by atoms with van der Waals surface area (Å²) in [6.07, 6.45) is 1.64. The van der Waals surface area contributed by atoms with Gasteiger partial charge in [-0.3, -0.25) is 9.69 Å². The second-order valence-corrected chi connectivity index (χ2v) is 7.45. The molecule has 0 spiro atoms. The van der Waals surface area contributed by atoms with Crippen LogP contribution in [-0.2, 0) is 20.9 Å². The predicted octanol–water partition coefficient (Wildman–Crippen LogP) is -0.353. The standard InChI is InChI=1S/C19H26N6O2.C2H2O4/c20-12-15-3-5-16(6-4-15)25-11-10-23(19(25)27)9-7-22-14-18(26)24-8-1-2-17(24)13-21;3-1(4)2(5)6/h3-6,17,22H,1-2,7-12,14,20H2;(H,3,4)(H,5,6)/t17-;/m0./s1. The largest absolute Gasteiger partial charge is 0.473 e. The van der Waals surface area contributed by atoms with Crippen molar-refractivity contribution in [1.29, 1.82) is 5.26 Å². The highest BCUT2D eigenvalue weighted by Crippen LogP contribution is 2.20. The molecule has 2 fully saturated rings. The molecule has 0 unspecified atom stereocenters. The van der Waals surface area contributed by atoms with E-state index in [2.05, 4.69) is 11.4 Å². The highest BCUT2D eigenvalue weighted by atomic mass is 16.4. The van der Waals surface area contributed by atoms with Crippen molar-refractivity contribution in [3.05, 3.63) is 29.8 Å². The molecule has 2 aliphatic heterocycles. The summed E-state index contributed by atoms with van der Waals surface area (Å²) >= 11 is 0. The van der Waals surface area contributed by atoms with Crippen LogP contribution in [0.4, 0.5) is 10.5 Å². The van der Waals surface area contributed by atoms with E-state index < -0.39 is 11.9 Å². The quantitative estimate of drug-likeness (QED) is 0.312. The van der Waals surface area contributed by atoms with Gasteiger partial charge < -0.3 is 31.1 Å². The van der Waals surface area contributed by atoms with E-state index in [9.17, 15) is 9.59 Å². The molecule has 2 aliphatic rings. The van der Waals surface area contributed by atoms with Crippen molar-refractivity contribution in [2.45, 2.75) is 25.4 Å². The van der Waals surface area contributed by atoms with Gasteiger partial charge >= 0.3 is 18.0 Å². The Hall–Kier alpha value is -3.69. The van der Waals surface area contributed by atoms with Crippen LogP contribution in [0, 0.1) is 11.3 Å². The van der Waals surface area contributed by atoms with Crippen molar-refractivity contribution in [2.24, 2.45) is 5.73 Å². The number of hydrogen-bond donors (Lipinski definition) is 4. The number of nitrogens with two attached hydrogens (primary N) is 1. The van der Waals surface area contributed by atoms with Crippen LogP contribution < -0.4 is 16.0 Å². The van der Waals surface area contributed by atoms with Crippen molar-refractivity contribution in [3.63, 3.8) is 0 Å². The number of likely N-dealkylation sites (tertiary alicyclic amines) is 1. The first-order valence-electron chi connectivity index (χ1n) is 10.5. The molecule has 12 heteroatoms. The summed E-state index contributed by atoms with van der Waals surface area (Å²) in [7, 11) is 0. The number of nitriles is 1. The first-order chi connectivity index (χ1) is 15.8. The van der Waals surface area contributed by atoms with Crippen molar-refractivity contribution >= 4 is 29.6 Å². The van der Waals surface area contributed by atoms with Crippen LogP contribution in [0.2, 0.25) is 0 Å². The van der Waals surface area contributed by atoms with Gasteiger partial charge in [-0.05, 0) is 30.5 Å². The maximum atomic E-state index is 12.6. The molecule has 0 saturated carbocycles. The van der Waals surface area contributed by atoms with Crippen molar-refractivity contribution in [1.82, 2.24) is 15.1 Å². The third kappa shape index (κ3) is 7.16. The lowest BCUT2D eigenvalue weighted by molar-refractivity contribution is -0.159. The number of rotatable bonds is 7. The van der Waals surface area contributed by atoms with Gasteiger partial charge in [0.1, 0.15) is 6.04 Å². The monoisotopic (exact) mass is 460 g/mol. The van der Waals surface area contributed by atoms with Crippen LogP contribution in [0.15, 0.2) is 24.3 Å². The van der Waals surface area contributed by atoms with Crippen LogP contribution in [-0.4, -0.2) is 89.2 Å². The number of anilines is 1. The second-order valence-electron chi connectivity index (χ2n) is 7.45. The molecular formula is C21H28N6O6. The Kier molecular flexibility index (Phi) is 9.59. The minimum atomic E-state index is -1.82. The molecule has 1 aromatic carbocycles. The van der Waals surface area contributed by atoms with Crippen LogP contribution in [0.25, 0.3) is 0 Å². The molecule has 2 heterocycles. The summed E-state index contributed by atoms with van der Waals surface area (Å²) in [4.78, 5) is 48.1. The smallest absolute Gasteiger partial charge is 0.414 e. The lowest BCUT2D eigenvalue weighted by Gasteiger charge is -2.21. The van der Waals surface area contributed by atoms with Gasteiger partial charge in [-0.15, -0.1) is 0 Å². The number of carboxylic acids is 2. The molecule has 0 aliphatic carbocycles. The lowest BCUT2D eigenvalue weighted by atomic mass is 10.2. The average molecular weight is 460 g/mol. The van der Waals surface area contributed by atoms with Crippen LogP contribution in [0.5, 0.6) is 0 Å². The molecule has 0 radical (unpaired) electrons. The minimum Gasteiger partial charge on any atom is -0.473 e. The molecule has 3 rings (SSSR count). The van der Waals surface area contributed by atoms with E-state index >= 15 is 0 Å². The third-order valence-corrected chi connectivity index (χ3v) is 5.32. The fraction of sp³-hybridized carbons (Fsp3) is 0.476. The SMILES string of the molecule is N#C[C@@H]1CCCN1C(=O)CNCCN1CCN(c2ccc(CN)cc2)C1=O.O=C(O)C(=O)O. The molecule has 33 heavy (non-hydrogen) atoms. The summed E-state index contributed by atoms with van der Waals surface area (Å²) in [5, 5.41) is 26.9. The summed E-state index contributed by atoms with van der Waals surface area (Å²) in [6.45, 7) is 3.74. The molecule has 1 atom stereocenters. The van der Waals surface area contributed by atoms with E-state index in [1.54, 1.807) is 14.7 Å². The first kappa shape index (κ1) is 25.6. The Morgan fingerprint density at radius 3 is 2.36 bits per heavy atom. The Labute approximate surface area is 191 Å². The summed E-state index contributed by atoms with van der Waals surface area (Å²) in [5.74, 6) is -3.70.